The van der Waals surface area contributed by atoms with Gasteiger partial charge >= 0.3 is 0 Å². The van der Waals surface area contributed by atoms with Crippen molar-refractivity contribution in [3.63, 3.8) is 0 Å². The zero-order chi connectivity index (χ0) is 18.1. The third-order valence-corrected chi connectivity index (χ3v) is 4.97. The molecule has 7 heteroatoms. The normalized spacial score (nSPS) is 12.7. The van der Waals surface area contributed by atoms with Gasteiger partial charge in [-0.25, -0.2) is 8.78 Å². The monoisotopic (exact) mass is 373 g/mol. The number of rotatable bonds is 3. The number of hydrogen-bond acceptors (Lipinski definition) is 4. The smallest absolute Gasteiger partial charge is 0.265 e. The summed E-state index contributed by atoms with van der Waals surface area (Å²) in [5, 5.41) is 2.45. The molecule has 1 amide bonds. The Morgan fingerprint density at radius 1 is 0.962 bits per heavy atom. The first-order valence-corrected chi connectivity index (χ1v) is 8.68. The highest BCUT2D eigenvalue weighted by molar-refractivity contribution is 7.17. The van der Waals surface area contributed by atoms with Gasteiger partial charge in [0.25, 0.3) is 5.91 Å². The van der Waals surface area contributed by atoms with Gasteiger partial charge in [0.1, 0.15) is 24.8 Å². The summed E-state index contributed by atoms with van der Waals surface area (Å²) in [6, 6.07) is 12.1. The fourth-order valence-corrected chi connectivity index (χ4v) is 3.48. The van der Waals surface area contributed by atoms with E-state index < -0.39 is 17.5 Å². The fourth-order valence-electron chi connectivity index (χ4n) is 2.59. The quantitative estimate of drug-likeness (QED) is 0.723. The second-order valence-electron chi connectivity index (χ2n) is 5.60. The number of ether oxygens (including phenoxy) is 2. The minimum absolute atomic E-state index is 0.0642. The molecule has 1 aliphatic rings. The summed E-state index contributed by atoms with van der Waals surface area (Å²) in [6.45, 7) is 1.02. The van der Waals surface area contributed by atoms with E-state index >= 15 is 0 Å². The average Bonchev–Trinajstić information content (AvgIpc) is 3.14. The predicted molar refractivity (Wildman–Crippen MR) is 95.1 cm³/mol. The van der Waals surface area contributed by atoms with Gasteiger partial charge < -0.3 is 14.8 Å². The van der Waals surface area contributed by atoms with E-state index in [1.165, 1.54) is 17.4 Å². The highest BCUT2D eigenvalue weighted by Crippen LogP contribution is 2.37. The Morgan fingerprint density at radius 2 is 1.77 bits per heavy atom. The lowest BCUT2D eigenvalue weighted by molar-refractivity contribution is 0.103. The van der Waals surface area contributed by atoms with Crippen molar-refractivity contribution >= 4 is 22.9 Å². The summed E-state index contributed by atoms with van der Waals surface area (Å²) in [6.07, 6.45) is 0. The first kappa shape index (κ1) is 16.5. The summed E-state index contributed by atoms with van der Waals surface area (Å²) in [4.78, 5) is 13.6. The lowest BCUT2D eigenvalue weighted by Crippen LogP contribution is -2.15. The molecule has 0 spiro atoms. The second kappa shape index (κ2) is 6.76. The molecule has 132 valence electrons. The molecule has 1 N–H and O–H groups in total. The van der Waals surface area contributed by atoms with Crippen molar-refractivity contribution in [1.29, 1.82) is 0 Å². The number of hydrogen-bond donors (Lipinski definition) is 1. The summed E-state index contributed by atoms with van der Waals surface area (Å²) >= 11 is 1.27. The molecule has 0 radical (unpaired) electrons. The van der Waals surface area contributed by atoms with Crippen LogP contribution in [0.25, 0.3) is 10.4 Å². The molecule has 0 atom stereocenters. The number of fused-ring (bicyclic) bond motifs is 1. The second-order valence-corrected chi connectivity index (χ2v) is 6.68. The van der Waals surface area contributed by atoms with Gasteiger partial charge in [0, 0.05) is 10.9 Å². The molecule has 0 saturated heterocycles. The van der Waals surface area contributed by atoms with Gasteiger partial charge in [-0.2, -0.15) is 0 Å². The molecule has 4 rings (SSSR count). The van der Waals surface area contributed by atoms with Crippen molar-refractivity contribution in [2.45, 2.75) is 0 Å². The fraction of sp³-hybridized carbons (Fsp3) is 0.105. The Kier molecular flexibility index (Phi) is 4.30. The van der Waals surface area contributed by atoms with Crippen molar-refractivity contribution in [2.75, 3.05) is 18.5 Å². The van der Waals surface area contributed by atoms with Gasteiger partial charge in [0.15, 0.2) is 11.5 Å². The van der Waals surface area contributed by atoms with Crippen LogP contribution in [0.3, 0.4) is 0 Å². The van der Waals surface area contributed by atoms with Crippen LogP contribution in [0, 0.1) is 11.6 Å². The van der Waals surface area contributed by atoms with Crippen LogP contribution in [0.15, 0.2) is 48.5 Å². The minimum Gasteiger partial charge on any atom is -0.486 e. The van der Waals surface area contributed by atoms with Gasteiger partial charge in [-0.3, -0.25) is 4.79 Å². The first-order valence-electron chi connectivity index (χ1n) is 7.86. The molecule has 4 nitrogen and oxygen atoms in total. The maximum atomic E-state index is 13.7. The highest BCUT2D eigenvalue weighted by Gasteiger charge is 2.16. The SMILES string of the molecule is O=C(Nc1ccc(F)cc1F)c1ccc(-c2ccc3c(c2)OCCO3)s1. The maximum Gasteiger partial charge on any atom is 0.265 e. The van der Waals surface area contributed by atoms with Gasteiger partial charge in [-0.15, -0.1) is 11.3 Å². The van der Waals surface area contributed by atoms with E-state index in [0.717, 1.165) is 22.6 Å². The average molecular weight is 373 g/mol. The van der Waals surface area contributed by atoms with Gasteiger partial charge in [0.2, 0.25) is 0 Å². The van der Waals surface area contributed by atoms with Crippen molar-refractivity contribution < 1.29 is 23.0 Å². The van der Waals surface area contributed by atoms with Gasteiger partial charge in [-0.05, 0) is 48.0 Å². The van der Waals surface area contributed by atoms with Gasteiger partial charge in [-0.1, -0.05) is 0 Å². The number of amides is 1. The number of anilines is 1. The summed E-state index contributed by atoms with van der Waals surface area (Å²) in [7, 11) is 0. The van der Waals surface area contributed by atoms with E-state index in [1.54, 1.807) is 6.07 Å². The topological polar surface area (TPSA) is 47.6 Å². The molecule has 0 aliphatic carbocycles. The molecule has 3 aromatic rings. The van der Waals surface area contributed by atoms with E-state index in [1.807, 2.05) is 24.3 Å². The van der Waals surface area contributed by atoms with Crippen molar-refractivity contribution in [3.8, 4) is 21.9 Å². The number of carbonyl (C=O) groups excluding carboxylic acids is 1. The van der Waals surface area contributed by atoms with Crippen molar-refractivity contribution in [3.05, 3.63) is 65.0 Å². The molecule has 0 fully saturated rings. The third kappa shape index (κ3) is 3.25. The summed E-state index contributed by atoms with van der Waals surface area (Å²) in [5.41, 5.74) is 0.831. The number of thiophene rings is 1. The number of benzene rings is 2. The number of halogens is 2. The van der Waals surface area contributed by atoms with Crippen LogP contribution in [0.4, 0.5) is 14.5 Å². The van der Waals surface area contributed by atoms with E-state index in [4.69, 9.17) is 9.47 Å². The Hall–Kier alpha value is -2.93. The minimum atomic E-state index is -0.818. The molecule has 1 aromatic heterocycles. The standard InChI is InChI=1S/C19H13F2NO3S/c20-12-2-3-14(13(21)10-12)22-19(23)18-6-5-17(26-18)11-1-4-15-16(9-11)25-8-7-24-15/h1-6,9-10H,7-8H2,(H,22,23). The van der Waals surface area contributed by atoms with Crippen LogP contribution in [-0.2, 0) is 0 Å². The van der Waals surface area contributed by atoms with Crippen LogP contribution in [0.1, 0.15) is 9.67 Å². The van der Waals surface area contributed by atoms with Crippen molar-refractivity contribution in [2.24, 2.45) is 0 Å². The van der Waals surface area contributed by atoms with Crippen LogP contribution >= 0.6 is 11.3 Å². The van der Waals surface area contributed by atoms with Crippen LogP contribution in [-0.4, -0.2) is 19.1 Å². The maximum absolute atomic E-state index is 13.7. The van der Waals surface area contributed by atoms with Gasteiger partial charge in [0.05, 0.1) is 10.6 Å². The Morgan fingerprint density at radius 3 is 2.58 bits per heavy atom. The number of carbonyl (C=O) groups is 1. The summed E-state index contributed by atoms with van der Waals surface area (Å²) in [5.74, 6) is -0.605. The van der Waals surface area contributed by atoms with Crippen molar-refractivity contribution in [1.82, 2.24) is 0 Å². The Labute approximate surface area is 152 Å². The Bertz CT molecular complexity index is 987. The third-order valence-electron chi connectivity index (χ3n) is 3.84. The zero-order valence-electron chi connectivity index (χ0n) is 13.4. The molecular weight excluding hydrogens is 360 g/mol. The Balaban J connectivity index is 1.55. The largest absolute Gasteiger partial charge is 0.486 e. The predicted octanol–water partition coefficient (Wildman–Crippen LogP) is 4.72. The molecule has 0 bridgehead atoms. The van der Waals surface area contributed by atoms with E-state index in [0.29, 0.717) is 29.6 Å². The van der Waals surface area contributed by atoms with E-state index in [-0.39, 0.29) is 5.69 Å². The lowest BCUT2D eigenvalue weighted by atomic mass is 10.1. The number of nitrogens with one attached hydrogen (secondary N) is 1. The molecule has 0 unspecified atom stereocenters. The lowest BCUT2D eigenvalue weighted by Gasteiger charge is -2.18. The molecule has 26 heavy (non-hydrogen) atoms. The first-order chi connectivity index (χ1) is 12.6. The summed E-state index contributed by atoms with van der Waals surface area (Å²) < 4.78 is 37.7. The molecule has 2 aromatic carbocycles. The molecule has 0 saturated carbocycles. The highest BCUT2D eigenvalue weighted by atomic mass is 32.1. The van der Waals surface area contributed by atoms with E-state index in [2.05, 4.69) is 5.32 Å². The zero-order valence-corrected chi connectivity index (χ0v) is 14.2. The van der Waals surface area contributed by atoms with E-state index in [9.17, 15) is 13.6 Å². The molecule has 2 heterocycles. The van der Waals surface area contributed by atoms with Crippen LogP contribution in [0.2, 0.25) is 0 Å². The molecular formula is C19H13F2NO3S. The molecule has 1 aliphatic heterocycles. The van der Waals surface area contributed by atoms with Crippen LogP contribution < -0.4 is 14.8 Å². The van der Waals surface area contributed by atoms with Crippen LogP contribution in [0.5, 0.6) is 11.5 Å².